The normalized spacial score (nSPS) is 12.3. The molecule has 0 bridgehead atoms. The number of carbonyl (C=O) groups is 1. The molecule has 4 aromatic rings. The molecule has 0 saturated carbocycles. The first-order chi connectivity index (χ1) is 14.4. The zero-order chi connectivity index (χ0) is 21.4. The molecule has 154 valence electrons. The van der Waals surface area contributed by atoms with Crippen LogP contribution in [0.1, 0.15) is 29.8 Å². The Morgan fingerprint density at radius 3 is 2.63 bits per heavy atom. The first kappa shape index (κ1) is 20.3. The van der Waals surface area contributed by atoms with Crippen molar-refractivity contribution in [3.05, 3.63) is 56.6 Å². The molecule has 1 aromatic carbocycles. The lowest BCUT2D eigenvalue weighted by molar-refractivity contribution is -0.118. The Morgan fingerprint density at radius 1 is 1.23 bits per heavy atom. The number of nitrogens with one attached hydrogen (secondary N) is 1. The van der Waals surface area contributed by atoms with E-state index in [1.807, 2.05) is 13.8 Å². The number of halogens is 1. The fourth-order valence-electron chi connectivity index (χ4n) is 3.14. The molecule has 1 atom stereocenters. The third kappa shape index (κ3) is 3.63. The molecule has 0 saturated heterocycles. The lowest BCUT2D eigenvalue weighted by atomic mass is 10.0. The van der Waals surface area contributed by atoms with Gasteiger partial charge < -0.3 is 0 Å². The van der Waals surface area contributed by atoms with E-state index in [2.05, 4.69) is 20.5 Å². The molecule has 30 heavy (non-hydrogen) atoms. The molecule has 0 fully saturated rings. The SMILES string of the molecule is CCc1nnc(NC(=O)C(C)n2cnc3sc(C)c(-c4ccc(F)cc4)c3c2=O)s1. The lowest BCUT2D eigenvalue weighted by Gasteiger charge is -2.14. The van der Waals surface area contributed by atoms with Gasteiger partial charge >= 0.3 is 0 Å². The number of carbonyl (C=O) groups excluding carboxylic acids is 1. The van der Waals surface area contributed by atoms with Crippen LogP contribution in [0.4, 0.5) is 9.52 Å². The molecule has 0 radical (unpaired) electrons. The molecule has 1 N–H and O–H groups in total. The predicted molar refractivity (Wildman–Crippen MR) is 117 cm³/mol. The summed E-state index contributed by atoms with van der Waals surface area (Å²) in [5.74, 6) is -0.730. The number of fused-ring (bicyclic) bond motifs is 1. The largest absolute Gasteiger partial charge is 0.299 e. The van der Waals surface area contributed by atoms with Gasteiger partial charge in [0.15, 0.2) is 0 Å². The molecular formula is C20H18FN5O2S2. The molecular weight excluding hydrogens is 425 g/mol. The van der Waals surface area contributed by atoms with Crippen molar-refractivity contribution in [3.63, 3.8) is 0 Å². The van der Waals surface area contributed by atoms with Crippen molar-refractivity contribution < 1.29 is 9.18 Å². The summed E-state index contributed by atoms with van der Waals surface area (Å²) in [6.45, 7) is 5.48. The number of rotatable bonds is 5. The van der Waals surface area contributed by atoms with Gasteiger partial charge in [-0.05, 0) is 38.0 Å². The van der Waals surface area contributed by atoms with Gasteiger partial charge in [0.2, 0.25) is 11.0 Å². The van der Waals surface area contributed by atoms with Crippen LogP contribution in [0.25, 0.3) is 21.3 Å². The van der Waals surface area contributed by atoms with Crippen LogP contribution in [0.2, 0.25) is 0 Å². The third-order valence-corrected chi connectivity index (χ3v) is 6.74. The first-order valence-electron chi connectivity index (χ1n) is 9.28. The summed E-state index contributed by atoms with van der Waals surface area (Å²) in [4.78, 5) is 31.9. The van der Waals surface area contributed by atoms with Gasteiger partial charge in [-0.25, -0.2) is 9.37 Å². The Hall–Kier alpha value is -2.98. The highest BCUT2D eigenvalue weighted by Crippen LogP contribution is 2.35. The smallest absolute Gasteiger partial charge is 0.263 e. The Balaban J connectivity index is 1.73. The number of hydrogen-bond acceptors (Lipinski definition) is 7. The van der Waals surface area contributed by atoms with Gasteiger partial charge in [-0.2, -0.15) is 0 Å². The second-order valence-electron chi connectivity index (χ2n) is 6.70. The molecule has 7 nitrogen and oxygen atoms in total. The number of amides is 1. The minimum Gasteiger partial charge on any atom is -0.299 e. The van der Waals surface area contributed by atoms with E-state index in [-0.39, 0.29) is 17.3 Å². The van der Waals surface area contributed by atoms with Gasteiger partial charge in [0.05, 0.1) is 11.7 Å². The van der Waals surface area contributed by atoms with E-state index in [1.165, 1.54) is 45.7 Å². The number of thiophene rings is 1. The maximum absolute atomic E-state index is 13.4. The highest BCUT2D eigenvalue weighted by atomic mass is 32.1. The van der Waals surface area contributed by atoms with Gasteiger partial charge in [-0.1, -0.05) is 30.4 Å². The summed E-state index contributed by atoms with van der Waals surface area (Å²) in [7, 11) is 0. The Bertz CT molecular complexity index is 1290. The van der Waals surface area contributed by atoms with Gasteiger partial charge in [0.1, 0.15) is 21.7 Å². The Morgan fingerprint density at radius 2 is 1.97 bits per heavy atom. The van der Waals surface area contributed by atoms with Crippen molar-refractivity contribution in [2.45, 2.75) is 33.2 Å². The van der Waals surface area contributed by atoms with Gasteiger partial charge in [-0.15, -0.1) is 21.5 Å². The van der Waals surface area contributed by atoms with E-state index >= 15 is 0 Å². The fourth-order valence-corrected chi connectivity index (χ4v) is 4.82. The fraction of sp³-hybridized carbons (Fsp3) is 0.250. The minimum absolute atomic E-state index is 0.321. The molecule has 1 amide bonds. The van der Waals surface area contributed by atoms with Crippen LogP contribution in [0, 0.1) is 12.7 Å². The van der Waals surface area contributed by atoms with Crippen LogP contribution in [0.3, 0.4) is 0 Å². The molecule has 0 spiro atoms. The molecule has 3 heterocycles. The highest BCUT2D eigenvalue weighted by molar-refractivity contribution is 7.19. The Kier molecular flexibility index (Phi) is 5.44. The van der Waals surface area contributed by atoms with Gasteiger partial charge in [-0.3, -0.25) is 19.5 Å². The topological polar surface area (TPSA) is 89.8 Å². The molecule has 0 aliphatic rings. The zero-order valence-corrected chi connectivity index (χ0v) is 18.1. The number of hydrogen-bond donors (Lipinski definition) is 1. The molecule has 0 aliphatic heterocycles. The van der Waals surface area contributed by atoms with Crippen molar-refractivity contribution in [2.24, 2.45) is 0 Å². The van der Waals surface area contributed by atoms with Crippen molar-refractivity contribution in [1.82, 2.24) is 19.7 Å². The van der Waals surface area contributed by atoms with Crippen LogP contribution in [-0.2, 0) is 11.2 Å². The molecule has 3 aromatic heterocycles. The second kappa shape index (κ2) is 8.04. The monoisotopic (exact) mass is 443 g/mol. The minimum atomic E-state index is -0.801. The second-order valence-corrected chi connectivity index (χ2v) is 8.96. The summed E-state index contributed by atoms with van der Waals surface area (Å²) in [5, 5.41) is 12.3. The maximum Gasteiger partial charge on any atom is 0.263 e. The summed E-state index contributed by atoms with van der Waals surface area (Å²) < 4.78 is 14.7. The number of nitrogens with zero attached hydrogens (tertiary/aromatic N) is 4. The summed E-state index contributed by atoms with van der Waals surface area (Å²) in [6, 6.07) is 5.19. The predicted octanol–water partition coefficient (Wildman–Crippen LogP) is 4.19. The lowest BCUT2D eigenvalue weighted by Crippen LogP contribution is -2.31. The molecule has 10 heteroatoms. The number of benzene rings is 1. The summed E-state index contributed by atoms with van der Waals surface area (Å²) in [6.07, 6.45) is 2.11. The third-order valence-electron chi connectivity index (χ3n) is 4.74. The van der Waals surface area contributed by atoms with Crippen LogP contribution >= 0.6 is 22.7 Å². The average Bonchev–Trinajstić information content (AvgIpc) is 3.32. The summed E-state index contributed by atoms with van der Waals surface area (Å²) in [5.41, 5.74) is 1.12. The van der Waals surface area contributed by atoms with E-state index in [1.54, 1.807) is 19.1 Å². The van der Waals surface area contributed by atoms with Crippen LogP contribution < -0.4 is 10.9 Å². The zero-order valence-electron chi connectivity index (χ0n) is 16.5. The van der Waals surface area contributed by atoms with Crippen LogP contribution in [0.5, 0.6) is 0 Å². The summed E-state index contributed by atoms with van der Waals surface area (Å²) >= 11 is 2.69. The first-order valence-corrected chi connectivity index (χ1v) is 10.9. The van der Waals surface area contributed by atoms with Crippen molar-refractivity contribution >= 4 is 43.9 Å². The number of anilines is 1. The van der Waals surface area contributed by atoms with E-state index in [9.17, 15) is 14.0 Å². The van der Waals surface area contributed by atoms with E-state index in [0.29, 0.717) is 20.9 Å². The number of aromatic nitrogens is 4. The Labute approximate surface area is 179 Å². The quantitative estimate of drug-likeness (QED) is 0.500. The van der Waals surface area contributed by atoms with Crippen molar-refractivity contribution in [3.8, 4) is 11.1 Å². The van der Waals surface area contributed by atoms with E-state index < -0.39 is 6.04 Å². The molecule has 4 rings (SSSR count). The van der Waals surface area contributed by atoms with Crippen molar-refractivity contribution in [2.75, 3.05) is 5.32 Å². The standard InChI is InChI=1S/C20H18FN5O2S2/c1-4-14-24-25-20(30-14)23-17(27)10(2)26-9-22-18-16(19(26)28)15(11(3)29-18)12-5-7-13(21)8-6-12/h5-10H,4H2,1-3H3,(H,23,25,27). The average molecular weight is 444 g/mol. The van der Waals surface area contributed by atoms with Gasteiger partial charge in [0.25, 0.3) is 5.56 Å². The highest BCUT2D eigenvalue weighted by Gasteiger charge is 2.22. The van der Waals surface area contributed by atoms with E-state index in [0.717, 1.165) is 21.9 Å². The number of aryl methyl sites for hydroxylation is 2. The van der Waals surface area contributed by atoms with Crippen molar-refractivity contribution in [1.29, 1.82) is 0 Å². The van der Waals surface area contributed by atoms with Gasteiger partial charge in [0, 0.05) is 10.4 Å². The van der Waals surface area contributed by atoms with Crippen LogP contribution in [0.15, 0.2) is 35.4 Å². The van der Waals surface area contributed by atoms with Crippen LogP contribution in [-0.4, -0.2) is 25.7 Å². The maximum atomic E-state index is 13.4. The molecule has 0 aliphatic carbocycles. The van der Waals surface area contributed by atoms with E-state index in [4.69, 9.17) is 0 Å². The molecule has 1 unspecified atom stereocenters.